The van der Waals surface area contributed by atoms with Crippen LogP contribution in [0.15, 0.2) is 85.1 Å². The summed E-state index contributed by atoms with van der Waals surface area (Å²) in [5.74, 6) is 0.987. The maximum absolute atomic E-state index is 13.4. The molecule has 4 amide bonds. The molecule has 0 saturated heterocycles. The minimum absolute atomic E-state index is 0. The summed E-state index contributed by atoms with van der Waals surface area (Å²) in [5, 5.41) is 17.3. The molecule has 2 aromatic heterocycles. The highest BCUT2D eigenvalue weighted by Crippen LogP contribution is 2.35. The average Bonchev–Trinajstić information content (AvgIpc) is 3.50. The van der Waals surface area contributed by atoms with Crippen molar-refractivity contribution < 1.29 is 19.1 Å². The molecular formula is C36H43ClN8O4. The van der Waals surface area contributed by atoms with E-state index in [1.54, 1.807) is 35.1 Å². The van der Waals surface area contributed by atoms with E-state index in [-0.39, 0.29) is 42.6 Å². The lowest BCUT2D eigenvalue weighted by atomic mass is 9.92. The number of nitrogens with zero attached hydrogens (tertiary/aromatic N) is 3. The van der Waals surface area contributed by atoms with Crippen LogP contribution in [0.5, 0.6) is 11.5 Å². The summed E-state index contributed by atoms with van der Waals surface area (Å²) >= 11 is 0. The number of halogens is 1. The van der Waals surface area contributed by atoms with E-state index < -0.39 is 6.03 Å². The minimum atomic E-state index is -0.416. The van der Waals surface area contributed by atoms with Gasteiger partial charge >= 0.3 is 6.03 Å². The number of benzene rings is 3. The van der Waals surface area contributed by atoms with Gasteiger partial charge in [-0.15, -0.1) is 12.4 Å². The zero-order valence-corrected chi connectivity index (χ0v) is 29.3. The fourth-order valence-electron chi connectivity index (χ4n) is 4.70. The van der Waals surface area contributed by atoms with Gasteiger partial charge in [0.15, 0.2) is 0 Å². The molecule has 5 aromatic rings. The second-order valence-corrected chi connectivity index (χ2v) is 11.9. The van der Waals surface area contributed by atoms with E-state index in [4.69, 9.17) is 9.84 Å². The van der Waals surface area contributed by atoms with Gasteiger partial charge in [-0.2, -0.15) is 5.10 Å². The van der Waals surface area contributed by atoms with Crippen LogP contribution in [0.3, 0.4) is 0 Å². The fraction of sp³-hybridized carbons (Fsp3) is 0.250. The number of rotatable bonds is 9. The van der Waals surface area contributed by atoms with Gasteiger partial charge < -0.3 is 26.4 Å². The van der Waals surface area contributed by atoms with Crippen LogP contribution < -0.4 is 31.7 Å². The third kappa shape index (κ3) is 10.0. The molecule has 0 atom stereocenters. The Balaban J connectivity index is 0.00000213. The van der Waals surface area contributed by atoms with Crippen molar-refractivity contribution >= 4 is 52.5 Å². The van der Waals surface area contributed by atoms with Crippen LogP contribution in [0.2, 0.25) is 0 Å². The first-order chi connectivity index (χ1) is 23.0. The number of anilines is 2. The summed E-state index contributed by atoms with van der Waals surface area (Å²) in [6, 6.07) is 24.0. The first kappa shape index (κ1) is 38.0. The largest absolute Gasteiger partial charge is 0.457 e. The van der Waals surface area contributed by atoms with Crippen LogP contribution in [-0.2, 0) is 21.4 Å². The topological polar surface area (TPSA) is 165 Å². The average molecular weight is 687 g/mol. The van der Waals surface area contributed by atoms with Gasteiger partial charge in [0.05, 0.1) is 35.7 Å². The molecule has 0 bridgehead atoms. The first-order valence-electron chi connectivity index (χ1n) is 15.5. The van der Waals surface area contributed by atoms with E-state index in [9.17, 15) is 14.4 Å². The number of carbonyl (C=O) groups excluding carboxylic acids is 3. The molecule has 0 aliphatic rings. The van der Waals surface area contributed by atoms with Gasteiger partial charge in [0, 0.05) is 41.6 Å². The predicted molar refractivity (Wildman–Crippen MR) is 196 cm³/mol. The van der Waals surface area contributed by atoms with Crippen LogP contribution in [0.4, 0.5) is 16.3 Å². The van der Waals surface area contributed by atoms with Crippen LogP contribution in [0, 0.1) is 6.92 Å². The van der Waals surface area contributed by atoms with Crippen LogP contribution in [-0.4, -0.2) is 53.3 Å². The summed E-state index contributed by atoms with van der Waals surface area (Å²) in [6.07, 6.45) is 1.55. The number of carbonyl (C=O) groups is 3. The molecule has 258 valence electrons. The summed E-state index contributed by atoms with van der Waals surface area (Å²) < 4.78 is 7.96. The lowest BCUT2D eigenvalue weighted by Crippen LogP contribution is -2.36. The van der Waals surface area contributed by atoms with E-state index in [1.165, 1.54) is 14.1 Å². The van der Waals surface area contributed by atoms with Crippen molar-refractivity contribution in [1.82, 2.24) is 25.4 Å². The van der Waals surface area contributed by atoms with Crippen molar-refractivity contribution in [2.75, 3.05) is 31.3 Å². The number of urea groups is 1. The SMILES string of the molecule is CN.CNC(=O)CNC(=O)Cc1cc(Oc2ccc(NC(=O)Nc3cc(C(C)(C)C)nn3-c3ccc(C)cc3)c3ccccc23)ccn1.Cl. The van der Waals surface area contributed by atoms with Crippen molar-refractivity contribution in [2.45, 2.75) is 39.5 Å². The number of likely N-dealkylation sites (N-methyl/N-ethyl adjacent to an activating group) is 1. The van der Waals surface area contributed by atoms with Gasteiger partial charge in [-0.05, 0) is 44.3 Å². The van der Waals surface area contributed by atoms with Gasteiger partial charge in [-0.25, -0.2) is 9.48 Å². The van der Waals surface area contributed by atoms with Crippen LogP contribution >= 0.6 is 12.4 Å². The molecule has 0 aliphatic heterocycles. The number of nitrogens with two attached hydrogens (primary N) is 1. The Hall–Kier alpha value is -5.46. The van der Waals surface area contributed by atoms with Crippen molar-refractivity contribution in [3.8, 4) is 17.2 Å². The summed E-state index contributed by atoms with van der Waals surface area (Å²) in [6.45, 7) is 8.15. The molecular weight excluding hydrogens is 644 g/mol. The summed E-state index contributed by atoms with van der Waals surface area (Å²) in [4.78, 5) is 41.3. The monoisotopic (exact) mass is 686 g/mol. The lowest BCUT2D eigenvalue weighted by molar-refractivity contribution is -0.125. The molecule has 0 radical (unpaired) electrons. The number of ether oxygens (including phenoxy) is 1. The number of nitrogens with one attached hydrogen (secondary N) is 4. The maximum atomic E-state index is 13.4. The Morgan fingerprint density at radius 1 is 0.878 bits per heavy atom. The maximum Gasteiger partial charge on any atom is 0.324 e. The molecule has 3 aromatic carbocycles. The lowest BCUT2D eigenvalue weighted by Gasteiger charge is -2.14. The molecule has 0 saturated carbocycles. The minimum Gasteiger partial charge on any atom is -0.457 e. The molecule has 0 unspecified atom stereocenters. The molecule has 0 spiro atoms. The first-order valence-corrected chi connectivity index (χ1v) is 15.5. The molecule has 2 heterocycles. The van der Waals surface area contributed by atoms with Gasteiger partial charge in [0.1, 0.15) is 17.3 Å². The van der Waals surface area contributed by atoms with E-state index in [0.29, 0.717) is 28.7 Å². The standard InChI is InChI=1S/C35H37N7O4.CH5N.ClH/c1-22-10-12-24(13-11-22)42-31(20-30(41-42)35(2,3)4)40-34(45)39-28-14-15-29(27-9-7-6-8-26(27)28)46-25-16-17-37-23(18-25)19-32(43)38-21-33(44)36-5;1-2;/h6-18,20H,19,21H2,1-5H3,(H,36,44)(H,38,43)(H2,39,40,45);2H2,1H3;1H. The Bertz CT molecular complexity index is 1900. The van der Waals surface area contributed by atoms with E-state index in [2.05, 4.69) is 52.8 Å². The molecule has 0 aliphatic carbocycles. The second-order valence-electron chi connectivity index (χ2n) is 11.9. The summed E-state index contributed by atoms with van der Waals surface area (Å²) in [7, 11) is 3.00. The predicted octanol–water partition coefficient (Wildman–Crippen LogP) is 5.86. The van der Waals surface area contributed by atoms with Crippen LogP contribution in [0.1, 0.15) is 37.7 Å². The Morgan fingerprint density at radius 3 is 2.24 bits per heavy atom. The quantitative estimate of drug-likeness (QED) is 0.129. The smallest absolute Gasteiger partial charge is 0.324 e. The van der Waals surface area contributed by atoms with Crippen molar-refractivity contribution in [1.29, 1.82) is 0 Å². The third-order valence-electron chi connectivity index (χ3n) is 7.21. The van der Waals surface area contributed by atoms with Gasteiger partial charge in [0.2, 0.25) is 11.8 Å². The number of pyridine rings is 1. The van der Waals surface area contributed by atoms with E-state index in [0.717, 1.165) is 27.7 Å². The molecule has 49 heavy (non-hydrogen) atoms. The molecule has 12 nitrogen and oxygen atoms in total. The fourth-order valence-corrected chi connectivity index (χ4v) is 4.70. The van der Waals surface area contributed by atoms with Gasteiger partial charge in [-0.1, -0.05) is 62.7 Å². The van der Waals surface area contributed by atoms with Crippen molar-refractivity contribution in [2.24, 2.45) is 5.73 Å². The van der Waals surface area contributed by atoms with E-state index in [1.807, 2.05) is 61.5 Å². The summed E-state index contributed by atoms with van der Waals surface area (Å²) in [5.41, 5.74) is 8.19. The number of hydrogen-bond donors (Lipinski definition) is 5. The number of aryl methyl sites for hydroxylation is 1. The second kappa shape index (κ2) is 17.1. The number of fused-ring (bicyclic) bond motifs is 1. The van der Waals surface area contributed by atoms with Crippen molar-refractivity contribution in [3.05, 3.63) is 102 Å². The number of aromatic nitrogens is 3. The molecule has 0 fully saturated rings. The van der Waals surface area contributed by atoms with E-state index >= 15 is 0 Å². The van der Waals surface area contributed by atoms with Gasteiger partial charge in [0.25, 0.3) is 0 Å². The molecule has 5 rings (SSSR count). The number of hydrogen-bond acceptors (Lipinski definition) is 7. The number of amides is 4. The highest BCUT2D eigenvalue weighted by molar-refractivity contribution is 6.07. The Kier molecular flexibility index (Phi) is 13.3. The zero-order chi connectivity index (χ0) is 34.8. The highest BCUT2D eigenvalue weighted by Gasteiger charge is 2.22. The van der Waals surface area contributed by atoms with Crippen molar-refractivity contribution in [3.63, 3.8) is 0 Å². The molecule has 6 N–H and O–H groups in total. The Labute approximate surface area is 292 Å². The zero-order valence-electron chi connectivity index (χ0n) is 28.5. The Morgan fingerprint density at radius 2 is 1.57 bits per heavy atom. The van der Waals surface area contributed by atoms with Gasteiger partial charge in [-0.3, -0.25) is 19.9 Å². The molecule has 13 heteroatoms. The van der Waals surface area contributed by atoms with Crippen LogP contribution in [0.25, 0.3) is 16.5 Å². The highest BCUT2D eigenvalue weighted by atomic mass is 35.5. The third-order valence-corrected chi connectivity index (χ3v) is 7.21. The normalized spacial score (nSPS) is 10.6.